The lowest BCUT2D eigenvalue weighted by Gasteiger charge is -1.98. The van der Waals surface area contributed by atoms with Gasteiger partial charge in [-0.15, -0.1) is 0 Å². The number of hydrogen-bond donors (Lipinski definition) is 0. The van der Waals surface area contributed by atoms with E-state index in [9.17, 15) is 4.79 Å². The standard InChI is InChI=1S/C11H10N2O4/c1-15-10-4-3-7(6-12-10)9-5-8(13-17-9)11(14)16-2/h3-6H,1-2H3. The number of rotatable bonds is 3. The summed E-state index contributed by atoms with van der Waals surface area (Å²) in [5.74, 6) is 0.406. The monoisotopic (exact) mass is 234 g/mol. The van der Waals surface area contributed by atoms with Crippen molar-refractivity contribution in [1.29, 1.82) is 0 Å². The van der Waals surface area contributed by atoms with Gasteiger partial charge < -0.3 is 14.0 Å². The lowest BCUT2D eigenvalue weighted by Crippen LogP contribution is -2.00. The van der Waals surface area contributed by atoms with Gasteiger partial charge in [-0.25, -0.2) is 9.78 Å². The van der Waals surface area contributed by atoms with Crippen LogP contribution in [0, 0.1) is 0 Å². The third kappa shape index (κ3) is 2.25. The van der Waals surface area contributed by atoms with E-state index in [4.69, 9.17) is 9.26 Å². The summed E-state index contributed by atoms with van der Waals surface area (Å²) in [7, 11) is 2.82. The number of nitrogens with zero attached hydrogens (tertiary/aromatic N) is 2. The van der Waals surface area contributed by atoms with Gasteiger partial charge in [0.15, 0.2) is 11.5 Å². The molecule has 0 radical (unpaired) electrons. The van der Waals surface area contributed by atoms with Gasteiger partial charge in [-0.05, 0) is 6.07 Å². The average Bonchev–Trinajstić information content (AvgIpc) is 2.87. The summed E-state index contributed by atoms with van der Waals surface area (Å²) in [6.07, 6.45) is 1.57. The van der Waals surface area contributed by atoms with Gasteiger partial charge in [0.2, 0.25) is 5.88 Å². The van der Waals surface area contributed by atoms with Crippen molar-refractivity contribution >= 4 is 5.97 Å². The van der Waals surface area contributed by atoms with Gasteiger partial charge in [-0.2, -0.15) is 0 Å². The number of ether oxygens (including phenoxy) is 2. The van der Waals surface area contributed by atoms with E-state index in [1.807, 2.05) is 0 Å². The highest BCUT2D eigenvalue weighted by molar-refractivity contribution is 5.88. The van der Waals surface area contributed by atoms with Crippen LogP contribution in [0.4, 0.5) is 0 Å². The van der Waals surface area contributed by atoms with E-state index in [-0.39, 0.29) is 5.69 Å². The van der Waals surface area contributed by atoms with E-state index in [0.717, 1.165) is 0 Å². The maximum absolute atomic E-state index is 11.2. The van der Waals surface area contributed by atoms with E-state index in [1.54, 1.807) is 18.3 Å². The van der Waals surface area contributed by atoms with Crippen LogP contribution in [0.5, 0.6) is 5.88 Å². The molecular formula is C11H10N2O4. The molecule has 0 atom stereocenters. The van der Waals surface area contributed by atoms with Crippen LogP contribution in [0.15, 0.2) is 28.9 Å². The molecule has 0 aromatic carbocycles. The Labute approximate surface area is 97.2 Å². The number of carbonyl (C=O) groups excluding carboxylic acids is 1. The topological polar surface area (TPSA) is 74.5 Å². The summed E-state index contributed by atoms with van der Waals surface area (Å²) in [5, 5.41) is 3.60. The molecule has 0 unspecified atom stereocenters. The Kier molecular flexibility index (Phi) is 3.04. The van der Waals surface area contributed by atoms with Crippen molar-refractivity contribution in [2.24, 2.45) is 0 Å². The molecule has 0 saturated heterocycles. The maximum atomic E-state index is 11.2. The number of carbonyl (C=O) groups is 1. The zero-order valence-electron chi connectivity index (χ0n) is 9.34. The molecular weight excluding hydrogens is 224 g/mol. The van der Waals surface area contributed by atoms with E-state index in [2.05, 4.69) is 14.9 Å². The van der Waals surface area contributed by atoms with Gasteiger partial charge in [0, 0.05) is 23.9 Å². The zero-order chi connectivity index (χ0) is 12.3. The molecule has 0 saturated carbocycles. The van der Waals surface area contributed by atoms with Crippen molar-refractivity contribution in [3.63, 3.8) is 0 Å². The Morgan fingerprint density at radius 3 is 2.76 bits per heavy atom. The van der Waals surface area contributed by atoms with Crippen LogP contribution in [0.25, 0.3) is 11.3 Å². The average molecular weight is 234 g/mol. The van der Waals surface area contributed by atoms with Crippen molar-refractivity contribution in [1.82, 2.24) is 10.1 Å². The first-order valence-electron chi connectivity index (χ1n) is 4.80. The second kappa shape index (κ2) is 4.65. The Morgan fingerprint density at radius 1 is 1.35 bits per heavy atom. The number of pyridine rings is 1. The molecule has 6 heteroatoms. The fraction of sp³-hybridized carbons (Fsp3) is 0.182. The van der Waals surface area contributed by atoms with Gasteiger partial charge in [0.1, 0.15) is 0 Å². The van der Waals surface area contributed by atoms with Crippen molar-refractivity contribution in [2.75, 3.05) is 14.2 Å². The first kappa shape index (κ1) is 11.1. The molecule has 2 heterocycles. The van der Waals surface area contributed by atoms with Crippen molar-refractivity contribution < 1.29 is 18.8 Å². The maximum Gasteiger partial charge on any atom is 0.360 e. The Hall–Kier alpha value is -2.37. The van der Waals surface area contributed by atoms with Crippen LogP contribution < -0.4 is 4.74 Å². The summed E-state index contributed by atoms with van der Waals surface area (Å²) in [6, 6.07) is 4.94. The molecule has 0 bridgehead atoms. The number of hydrogen-bond acceptors (Lipinski definition) is 6. The molecule has 0 spiro atoms. The molecule has 2 aromatic rings. The molecule has 2 aromatic heterocycles. The Morgan fingerprint density at radius 2 is 2.18 bits per heavy atom. The molecule has 0 aliphatic heterocycles. The van der Waals surface area contributed by atoms with Crippen LogP contribution in [-0.4, -0.2) is 30.3 Å². The van der Waals surface area contributed by atoms with Crippen LogP contribution in [0.3, 0.4) is 0 Å². The molecule has 6 nitrogen and oxygen atoms in total. The van der Waals surface area contributed by atoms with Crippen LogP contribution >= 0.6 is 0 Å². The summed E-state index contributed by atoms with van der Waals surface area (Å²) in [5.41, 5.74) is 0.826. The predicted molar refractivity (Wildman–Crippen MR) is 57.6 cm³/mol. The Bertz CT molecular complexity index is 519. The van der Waals surface area contributed by atoms with Gasteiger partial charge in [-0.1, -0.05) is 5.16 Å². The van der Waals surface area contributed by atoms with Crippen LogP contribution in [0.2, 0.25) is 0 Å². The minimum atomic E-state index is -0.540. The summed E-state index contributed by atoms with van der Waals surface area (Å²) in [6.45, 7) is 0. The molecule has 0 aliphatic carbocycles. The van der Waals surface area contributed by atoms with Gasteiger partial charge >= 0.3 is 5.97 Å². The molecule has 0 aliphatic rings. The minimum Gasteiger partial charge on any atom is -0.481 e. The van der Waals surface area contributed by atoms with E-state index in [1.165, 1.54) is 20.3 Å². The van der Waals surface area contributed by atoms with Crippen LogP contribution in [0.1, 0.15) is 10.5 Å². The third-order valence-electron chi connectivity index (χ3n) is 2.13. The van der Waals surface area contributed by atoms with Gasteiger partial charge in [-0.3, -0.25) is 0 Å². The highest BCUT2D eigenvalue weighted by atomic mass is 16.5. The molecule has 0 N–H and O–H groups in total. The van der Waals surface area contributed by atoms with E-state index in [0.29, 0.717) is 17.2 Å². The smallest absolute Gasteiger partial charge is 0.360 e. The number of aromatic nitrogens is 2. The summed E-state index contributed by atoms with van der Waals surface area (Å²) >= 11 is 0. The van der Waals surface area contributed by atoms with Crippen molar-refractivity contribution in [2.45, 2.75) is 0 Å². The molecule has 17 heavy (non-hydrogen) atoms. The summed E-state index contributed by atoms with van der Waals surface area (Å²) < 4.78 is 14.5. The SMILES string of the molecule is COC(=O)c1cc(-c2ccc(OC)nc2)on1. The normalized spacial score (nSPS) is 10.0. The number of methoxy groups -OCH3 is 2. The fourth-order valence-electron chi connectivity index (χ4n) is 1.26. The van der Waals surface area contributed by atoms with E-state index < -0.39 is 5.97 Å². The van der Waals surface area contributed by atoms with Crippen molar-refractivity contribution in [3.05, 3.63) is 30.1 Å². The largest absolute Gasteiger partial charge is 0.481 e. The van der Waals surface area contributed by atoms with Crippen LogP contribution in [-0.2, 0) is 4.74 Å². The van der Waals surface area contributed by atoms with Gasteiger partial charge in [0.25, 0.3) is 0 Å². The highest BCUT2D eigenvalue weighted by Crippen LogP contribution is 2.21. The van der Waals surface area contributed by atoms with E-state index >= 15 is 0 Å². The quantitative estimate of drug-likeness (QED) is 0.750. The molecule has 0 fully saturated rings. The zero-order valence-corrected chi connectivity index (χ0v) is 9.34. The number of esters is 1. The van der Waals surface area contributed by atoms with Gasteiger partial charge in [0.05, 0.1) is 14.2 Å². The second-order valence-electron chi connectivity index (χ2n) is 3.16. The lowest BCUT2D eigenvalue weighted by molar-refractivity contribution is 0.0589. The lowest BCUT2D eigenvalue weighted by atomic mass is 10.2. The first-order chi connectivity index (χ1) is 8.24. The molecule has 2 rings (SSSR count). The second-order valence-corrected chi connectivity index (χ2v) is 3.16. The predicted octanol–water partition coefficient (Wildman–Crippen LogP) is 1.53. The fourth-order valence-corrected chi connectivity index (χ4v) is 1.26. The van der Waals surface area contributed by atoms with Crippen molar-refractivity contribution in [3.8, 4) is 17.2 Å². The first-order valence-corrected chi connectivity index (χ1v) is 4.80. The highest BCUT2D eigenvalue weighted by Gasteiger charge is 2.13. The third-order valence-corrected chi connectivity index (χ3v) is 2.13. The summed E-state index contributed by atoms with van der Waals surface area (Å²) in [4.78, 5) is 15.2. The minimum absolute atomic E-state index is 0.123. The Balaban J connectivity index is 2.27. The molecule has 88 valence electrons. The molecule has 0 amide bonds.